The van der Waals surface area contributed by atoms with Crippen molar-refractivity contribution in [3.05, 3.63) is 56.6 Å². The number of amides is 1. The number of hydrogen-bond acceptors (Lipinski definition) is 2. The third kappa shape index (κ3) is 3.01. The van der Waals surface area contributed by atoms with Crippen LogP contribution in [0.2, 0.25) is 5.02 Å². The molecule has 1 N–H and O–H groups in total. The Balaban J connectivity index is 1.99. The highest BCUT2D eigenvalue weighted by Crippen LogP contribution is 2.30. The van der Waals surface area contributed by atoms with Crippen molar-refractivity contribution < 1.29 is 4.79 Å². The zero-order chi connectivity index (χ0) is 14.8. The Labute approximate surface area is 142 Å². The van der Waals surface area contributed by atoms with Gasteiger partial charge in [-0.05, 0) is 59.3 Å². The van der Waals surface area contributed by atoms with Gasteiger partial charge in [0.25, 0.3) is 5.91 Å². The van der Waals surface area contributed by atoms with Crippen molar-refractivity contribution >= 4 is 51.5 Å². The van der Waals surface area contributed by atoms with Gasteiger partial charge in [-0.15, -0.1) is 0 Å². The summed E-state index contributed by atoms with van der Waals surface area (Å²) >= 11 is 8.30. The van der Waals surface area contributed by atoms with E-state index in [0.717, 1.165) is 27.9 Å². The molecule has 2 aromatic carbocycles. The van der Waals surface area contributed by atoms with E-state index in [2.05, 4.69) is 27.9 Å². The lowest BCUT2D eigenvalue weighted by molar-refractivity contribution is 0.0987. The largest absolute Gasteiger partial charge is 0.383 e. The molecular formula is C16H14ClIN2O. The number of hydrogen-bond donors (Lipinski definition) is 1. The number of halogens is 2. The van der Waals surface area contributed by atoms with Crippen LogP contribution in [0.3, 0.4) is 0 Å². The zero-order valence-electron chi connectivity index (χ0n) is 11.3. The first kappa shape index (κ1) is 14.7. The molecule has 0 aliphatic carbocycles. The highest BCUT2D eigenvalue weighted by Gasteiger charge is 2.22. The van der Waals surface area contributed by atoms with Crippen molar-refractivity contribution in [1.29, 1.82) is 0 Å². The summed E-state index contributed by atoms with van der Waals surface area (Å²) in [6.07, 6.45) is 0.915. The summed E-state index contributed by atoms with van der Waals surface area (Å²) in [4.78, 5) is 14.6. The molecule has 2 aromatic rings. The van der Waals surface area contributed by atoms with Gasteiger partial charge in [0.05, 0.1) is 16.4 Å². The van der Waals surface area contributed by atoms with Crippen molar-refractivity contribution in [3.63, 3.8) is 0 Å². The Morgan fingerprint density at radius 1 is 1.24 bits per heavy atom. The fourth-order valence-corrected chi connectivity index (χ4v) is 2.95. The van der Waals surface area contributed by atoms with Gasteiger partial charge in [0.1, 0.15) is 0 Å². The van der Waals surface area contributed by atoms with E-state index in [1.165, 1.54) is 0 Å². The summed E-state index contributed by atoms with van der Waals surface area (Å²) in [5, 5.41) is 3.97. The number of nitrogens with zero attached hydrogens (tertiary/aromatic N) is 1. The Bertz CT molecular complexity index is 690. The molecular weight excluding hydrogens is 399 g/mol. The van der Waals surface area contributed by atoms with E-state index >= 15 is 0 Å². The smallest absolute Gasteiger partial charge is 0.258 e. The van der Waals surface area contributed by atoms with Crippen LogP contribution in [0.25, 0.3) is 0 Å². The minimum absolute atomic E-state index is 0.00977. The van der Waals surface area contributed by atoms with Crippen LogP contribution in [-0.4, -0.2) is 19.0 Å². The Hall–Kier alpha value is -1.27. The van der Waals surface area contributed by atoms with Crippen LogP contribution in [0.15, 0.2) is 42.5 Å². The average Bonchev–Trinajstić information content (AvgIpc) is 2.71. The molecule has 1 amide bonds. The summed E-state index contributed by atoms with van der Waals surface area (Å²) in [5.41, 5.74) is 2.55. The maximum atomic E-state index is 12.8. The van der Waals surface area contributed by atoms with E-state index in [9.17, 15) is 4.79 Å². The first-order valence-electron chi connectivity index (χ1n) is 6.76. The number of benzene rings is 2. The normalized spacial score (nSPS) is 14.1. The number of carbonyl (C=O) groups excluding carboxylic acids is 1. The molecule has 0 atom stereocenters. The maximum absolute atomic E-state index is 12.8. The molecule has 0 saturated carbocycles. The second-order valence-corrected chi connectivity index (χ2v) is 6.45. The van der Waals surface area contributed by atoms with Crippen LogP contribution >= 0.6 is 34.2 Å². The molecule has 0 radical (unpaired) electrons. The van der Waals surface area contributed by atoms with E-state index in [1.54, 1.807) is 6.07 Å². The molecule has 21 heavy (non-hydrogen) atoms. The molecule has 5 heteroatoms. The molecule has 1 aliphatic heterocycles. The molecule has 1 aliphatic rings. The van der Waals surface area contributed by atoms with Gasteiger partial charge in [-0.25, -0.2) is 0 Å². The lowest BCUT2D eigenvalue weighted by Gasteiger charge is -2.22. The second-order valence-electron chi connectivity index (χ2n) is 4.88. The molecule has 0 saturated heterocycles. The number of fused-ring (bicyclic) bond motifs is 1. The first-order chi connectivity index (χ1) is 10.2. The van der Waals surface area contributed by atoms with E-state index in [-0.39, 0.29) is 5.91 Å². The number of nitrogens with one attached hydrogen (secondary N) is 1. The monoisotopic (exact) mass is 412 g/mol. The van der Waals surface area contributed by atoms with Crippen molar-refractivity contribution in [1.82, 2.24) is 0 Å². The molecule has 0 spiro atoms. The quantitative estimate of drug-likeness (QED) is 0.704. The third-order valence-electron chi connectivity index (χ3n) is 3.48. The minimum atomic E-state index is -0.00977. The highest BCUT2D eigenvalue weighted by molar-refractivity contribution is 14.1. The summed E-state index contributed by atoms with van der Waals surface area (Å²) < 4.78 is 0.948. The highest BCUT2D eigenvalue weighted by atomic mass is 127. The van der Waals surface area contributed by atoms with Gasteiger partial charge in [-0.1, -0.05) is 23.7 Å². The predicted molar refractivity (Wildman–Crippen MR) is 95.4 cm³/mol. The fourth-order valence-electron chi connectivity index (χ4n) is 2.44. The molecule has 0 fully saturated rings. The standard InChI is InChI=1S/C16H14ClIN2O/c17-12-10-11(6-7-13(12)18)16(21)20-9-3-8-19-14-4-1-2-5-15(14)20/h1-2,4-7,10,19H,3,8-9H2. The molecule has 0 unspecified atom stereocenters. The van der Waals surface area contributed by atoms with Crippen LogP contribution in [0, 0.1) is 3.57 Å². The second kappa shape index (κ2) is 6.23. The summed E-state index contributed by atoms with van der Waals surface area (Å²) in [6.45, 7) is 1.57. The van der Waals surface area contributed by atoms with Crippen LogP contribution in [0.5, 0.6) is 0 Å². The third-order valence-corrected chi connectivity index (χ3v) is 5.05. The van der Waals surface area contributed by atoms with Gasteiger partial charge in [-0.2, -0.15) is 0 Å². The van der Waals surface area contributed by atoms with Gasteiger partial charge in [0, 0.05) is 22.2 Å². The van der Waals surface area contributed by atoms with E-state index < -0.39 is 0 Å². The molecule has 3 rings (SSSR count). The minimum Gasteiger partial charge on any atom is -0.383 e. The Morgan fingerprint density at radius 3 is 2.86 bits per heavy atom. The van der Waals surface area contributed by atoms with Gasteiger partial charge in [0.15, 0.2) is 0 Å². The molecule has 1 heterocycles. The number of anilines is 2. The lowest BCUT2D eigenvalue weighted by Crippen LogP contribution is -2.31. The SMILES string of the molecule is O=C(c1ccc(I)c(Cl)c1)N1CCCNc2ccccc21. The topological polar surface area (TPSA) is 32.3 Å². The van der Waals surface area contributed by atoms with Gasteiger partial charge < -0.3 is 10.2 Å². The fraction of sp³-hybridized carbons (Fsp3) is 0.188. The van der Waals surface area contributed by atoms with Crippen LogP contribution < -0.4 is 10.2 Å². The number of para-hydroxylation sites is 2. The maximum Gasteiger partial charge on any atom is 0.258 e. The predicted octanol–water partition coefficient (Wildman–Crippen LogP) is 4.41. The summed E-state index contributed by atoms with van der Waals surface area (Å²) in [7, 11) is 0. The van der Waals surface area contributed by atoms with Gasteiger partial charge in [-0.3, -0.25) is 4.79 Å². The Kier molecular flexibility index (Phi) is 4.35. The first-order valence-corrected chi connectivity index (χ1v) is 8.22. The van der Waals surface area contributed by atoms with Crippen molar-refractivity contribution in [2.24, 2.45) is 0 Å². The number of carbonyl (C=O) groups is 1. The molecule has 0 bridgehead atoms. The summed E-state index contributed by atoms with van der Waals surface area (Å²) in [6, 6.07) is 13.3. The molecule has 0 aromatic heterocycles. The van der Waals surface area contributed by atoms with Crippen molar-refractivity contribution in [2.75, 3.05) is 23.3 Å². The molecule has 3 nitrogen and oxygen atoms in total. The van der Waals surface area contributed by atoms with E-state index in [1.807, 2.05) is 41.3 Å². The average molecular weight is 413 g/mol. The number of rotatable bonds is 1. The van der Waals surface area contributed by atoms with Crippen molar-refractivity contribution in [2.45, 2.75) is 6.42 Å². The van der Waals surface area contributed by atoms with E-state index in [4.69, 9.17) is 11.6 Å². The Morgan fingerprint density at radius 2 is 2.05 bits per heavy atom. The zero-order valence-corrected chi connectivity index (χ0v) is 14.2. The van der Waals surface area contributed by atoms with Gasteiger partial charge in [0.2, 0.25) is 0 Å². The summed E-state index contributed by atoms with van der Waals surface area (Å²) in [5.74, 6) is -0.00977. The van der Waals surface area contributed by atoms with Crippen LogP contribution in [0.1, 0.15) is 16.8 Å². The van der Waals surface area contributed by atoms with Crippen LogP contribution in [-0.2, 0) is 0 Å². The van der Waals surface area contributed by atoms with Gasteiger partial charge >= 0.3 is 0 Å². The lowest BCUT2D eigenvalue weighted by atomic mass is 10.1. The van der Waals surface area contributed by atoms with Crippen LogP contribution in [0.4, 0.5) is 11.4 Å². The van der Waals surface area contributed by atoms with Crippen molar-refractivity contribution in [3.8, 4) is 0 Å². The van der Waals surface area contributed by atoms with E-state index in [0.29, 0.717) is 17.1 Å². The molecule has 108 valence electrons.